The van der Waals surface area contributed by atoms with Crippen LogP contribution in [0.2, 0.25) is 0 Å². The summed E-state index contributed by atoms with van der Waals surface area (Å²) in [4.78, 5) is 0. The first-order valence-electron chi connectivity index (χ1n) is 3.27. The molecule has 0 bridgehead atoms. The van der Waals surface area contributed by atoms with E-state index >= 15 is 0 Å². The summed E-state index contributed by atoms with van der Waals surface area (Å²) in [6.07, 6.45) is 2.18. The molecule has 3 heteroatoms. The quantitative estimate of drug-likeness (QED) is 0.357. The monoisotopic (exact) mass is 261 g/mol. The van der Waals surface area contributed by atoms with Gasteiger partial charge in [-0.05, 0) is 34.2 Å². The zero-order chi connectivity index (χ0) is 8.10. The van der Waals surface area contributed by atoms with Gasteiger partial charge in [0.05, 0.1) is 6.42 Å². The fourth-order valence-electron chi connectivity index (χ4n) is 0.816. The predicted octanol–water partition coefficient (Wildman–Crippen LogP) is 0.483. The van der Waals surface area contributed by atoms with Crippen LogP contribution in [-0.4, -0.2) is 6.21 Å². The maximum Gasteiger partial charge on any atom is 0.153 e. The summed E-state index contributed by atoms with van der Waals surface area (Å²) in [6.45, 7) is 0. The molecule has 1 N–H and O–H groups in total. The van der Waals surface area contributed by atoms with Gasteiger partial charge in [0.2, 0.25) is 0 Å². The first-order valence-corrected chi connectivity index (χ1v) is 4.35. The van der Waals surface area contributed by atoms with Gasteiger partial charge in [0.25, 0.3) is 0 Å². The third-order valence-corrected chi connectivity index (χ3v) is 2.42. The Labute approximate surface area is 79.1 Å². The summed E-state index contributed by atoms with van der Waals surface area (Å²) in [7, 11) is 0. The summed E-state index contributed by atoms with van der Waals surface area (Å²) < 4.78 is 1.19. The van der Waals surface area contributed by atoms with Crippen LogP contribution in [0.4, 0.5) is 0 Å². The van der Waals surface area contributed by atoms with E-state index in [-0.39, 0.29) is 0 Å². The van der Waals surface area contributed by atoms with Crippen LogP contribution in [0, 0.1) is 8.78 Å². The standard InChI is InChI=1S/C8H8INO/c9-8-4-2-1-3-7(8)5-6-10-11/h1-4,6,10H,5H2. The van der Waals surface area contributed by atoms with Crippen molar-refractivity contribution in [1.29, 1.82) is 0 Å². The Morgan fingerprint density at radius 3 is 2.82 bits per heavy atom. The van der Waals surface area contributed by atoms with Gasteiger partial charge < -0.3 is 5.21 Å². The molecule has 0 unspecified atom stereocenters. The van der Waals surface area contributed by atoms with Crippen LogP contribution in [0.3, 0.4) is 0 Å². The second-order valence-corrected chi connectivity index (χ2v) is 3.28. The van der Waals surface area contributed by atoms with Crippen molar-refractivity contribution in [2.24, 2.45) is 0 Å². The minimum Gasteiger partial charge on any atom is -0.626 e. The molecule has 1 rings (SSSR count). The molecule has 0 aliphatic heterocycles. The summed E-state index contributed by atoms with van der Waals surface area (Å²) >= 11 is 2.25. The van der Waals surface area contributed by atoms with E-state index in [0.29, 0.717) is 6.42 Å². The molecule has 0 saturated heterocycles. The van der Waals surface area contributed by atoms with Crippen molar-refractivity contribution in [2.45, 2.75) is 6.42 Å². The second kappa shape index (κ2) is 4.33. The van der Waals surface area contributed by atoms with Crippen LogP contribution >= 0.6 is 22.6 Å². The topological polar surface area (TPSA) is 37.0 Å². The molecule has 0 aliphatic rings. The molecular weight excluding hydrogens is 253 g/mol. The van der Waals surface area contributed by atoms with Crippen LogP contribution < -0.4 is 5.16 Å². The highest BCUT2D eigenvalue weighted by molar-refractivity contribution is 14.1. The van der Waals surface area contributed by atoms with Gasteiger partial charge in [-0.15, -0.1) is 0 Å². The first-order chi connectivity index (χ1) is 5.34. The molecule has 0 spiro atoms. The van der Waals surface area contributed by atoms with E-state index in [2.05, 4.69) is 22.6 Å². The van der Waals surface area contributed by atoms with Gasteiger partial charge in [-0.1, -0.05) is 18.2 Å². The number of benzene rings is 1. The molecule has 0 aliphatic carbocycles. The number of hydrogen-bond donors (Lipinski definition) is 1. The van der Waals surface area contributed by atoms with E-state index in [9.17, 15) is 5.21 Å². The van der Waals surface area contributed by atoms with Crippen molar-refractivity contribution in [2.75, 3.05) is 0 Å². The predicted molar refractivity (Wildman–Crippen MR) is 53.3 cm³/mol. The SMILES string of the molecule is [O-][NH+]=CCc1ccccc1I. The van der Waals surface area contributed by atoms with Crippen molar-refractivity contribution in [3.63, 3.8) is 0 Å². The zero-order valence-electron chi connectivity index (χ0n) is 5.88. The molecule has 2 nitrogen and oxygen atoms in total. The smallest absolute Gasteiger partial charge is 0.153 e. The molecule has 0 heterocycles. The molecule has 0 amide bonds. The molecule has 58 valence electrons. The van der Waals surface area contributed by atoms with Gasteiger partial charge in [0, 0.05) is 3.57 Å². The van der Waals surface area contributed by atoms with Crippen molar-refractivity contribution in [1.82, 2.24) is 0 Å². The Hall–Kier alpha value is -0.580. The van der Waals surface area contributed by atoms with Crippen LogP contribution in [0.25, 0.3) is 0 Å². The molecule has 11 heavy (non-hydrogen) atoms. The normalized spacial score (nSPS) is 10.6. The summed E-state index contributed by atoms with van der Waals surface area (Å²) in [5.41, 5.74) is 1.18. The molecule has 1 aromatic rings. The van der Waals surface area contributed by atoms with E-state index in [1.54, 1.807) is 5.16 Å². The highest BCUT2D eigenvalue weighted by atomic mass is 127. The summed E-state index contributed by atoms with van der Waals surface area (Å²) in [5.74, 6) is 0. The fraction of sp³-hybridized carbons (Fsp3) is 0.125. The van der Waals surface area contributed by atoms with Crippen LogP contribution in [0.15, 0.2) is 24.3 Å². The summed E-state index contributed by atoms with van der Waals surface area (Å²) in [5, 5.41) is 11.7. The van der Waals surface area contributed by atoms with Gasteiger partial charge in [0.15, 0.2) is 6.21 Å². The first kappa shape index (κ1) is 8.52. The van der Waals surface area contributed by atoms with Crippen LogP contribution in [0.1, 0.15) is 5.56 Å². The lowest BCUT2D eigenvalue weighted by Gasteiger charge is -1.96. The molecular formula is C8H8INO. The number of rotatable bonds is 2. The number of halogens is 1. The average Bonchev–Trinajstić information content (AvgIpc) is 2.03. The number of nitrogens with one attached hydrogen (secondary N) is 1. The molecule has 1 aromatic carbocycles. The Morgan fingerprint density at radius 2 is 2.18 bits per heavy atom. The van der Waals surface area contributed by atoms with Crippen LogP contribution in [-0.2, 0) is 6.42 Å². The average molecular weight is 261 g/mol. The van der Waals surface area contributed by atoms with Gasteiger partial charge >= 0.3 is 0 Å². The maximum absolute atomic E-state index is 9.91. The molecule has 0 atom stereocenters. The van der Waals surface area contributed by atoms with Gasteiger partial charge in [-0.2, -0.15) is 0 Å². The lowest BCUT2D eigenvalue weighted by molar-refractivity contribution is -0.368. The Bertz CT molecular complexity index is 260. The van der Waals surface area contributed by atoms with Crippen molar-refractivity contribution < 1.29 is 5.16 Å². The molecule has 0 saturated carbocycles. The molecule has 0 fully saturated rings. The highest BCUT2D eigenvalue weighted by Gasteiger charge is 1.95. The minimum atomic E-state index is 0.683. The molecule has 0 radical (unpaired) electrons. The Morgan fingerprint density at radius 1 is 1.45 bits per heavy atom. The lowest BCUT2D eigenvalue weighted by atomic mass is 10.2. The van der Waals surface area contributed by atoms with Gasteiger partial charge in [-0.25, -0.2) is 5.16 Å². The number of hydrogen-bond acceptors (Lipinski definition) is 1. The van der Waals surface area contributed by atoms with Gasteiger partial charge in [0.1, 0.15) is 0 Å². The Balaban J connectivity index is 2.77. The third-order valence-electron chi connectivity index (χ3n) is 1.36. The van der Waals surface area contributed by atoms with E-state index in [1.165, 1.54) is 15.3 Å². The fourth-order valence-corrected chi connectivity index (χ4v) is 1.42. The summed E-state index contributed by atoms with van der Waals surface area (Å²) in [6, 6.07) is 7.98. The van der Waals surface area contributed by atoms with Crippen LogP contribution in [0.5, 0.6) is 0 Å². The zero-order valence-corrected chi connectivity index (χ0v) is 8.04. The minimum absolute atomic E-state index is 0.683. The van der Waals surface area contributed by atoms with Crippen molar-refractivity contribution in [3.05, 3.63) is 38.6 Å². The highest BCUT2D eigenvalue weighted by Crippen LogP contribution is 2.10. The third kappa shape index (κ3) is 2.49. The van der Waals surface area contributed by atoms with E-state index in [4.69, 9.17) is 0 Å². The Kier molecular flexibility index (Phi) is 3.35. The van der Waals surface area contributed by atoms with E-state index in [1.807, 2.05) is 24.3 Å². The second-order valence-electron chi connectivity index (χ2n) is 2.12. The van der Waals surface area contributed by atoms with Crippen molar-refractivity contribution >= 4 is 28.8 Å². The van der Waals surface area contributed by atoms with E-state index in [0.717, 1.165) is 0 Å². The van der Waals surface area contributed by atoms with E-state index < -0.39 is 0 Å². The largest absolute Gasteiger partial charge is 0.626 e. The van der Waals surface area contributed by atoms with Crippen molar-refractivity contribution in [3.8, 4) is 0 Å². The molecule has 0 aromatic heterocycles. The lowest BCUT2D eigenvalue weighted by Crippen LogP contribution is -2.60. The maximum atomic E-state index is 9.91. The van der Waals surface area contributed by atoms with Gasteiger partial charge in [-0.3, -0.25) is 0 Å².